The topological polar surface area (TPSA) is 38.0 Å². The maximum atomic E-state index is 13.4. The van der Waals surface area contributed by atoms with Crippen molar-refractivity contribution in [1.29, 1.82) is 0 Å². The summed E-state index contributed by atoms with van der Waals surface area (Å²) in [6, 6.07) is 4.43. The Balaban J connectivity index is 2.23. The molecule has 0 saturated heterocycles. The van der Waals surface area contributed by atoms with Crippen LogP contribution < -0.4 is 11.3 Å². The van der Waals surface area contributed by atoms with Crippen LogP contribution in [0.3, 0.4) is 0 Å². The van der Waals surface area contributed by atoms with E-state index in [1.54, 1.807) is 6.07 Å². The Kier molecular flexibility index (Phi) is 4.98. The zero-order valence-corrected chi connectivity index (χ0v) is 11.2. The number of hydrogen-bond donors (Lipinski definition) is 2. The van der Waals surface area contributed by atoms with Gasteiger partial charge in [0.15, 0.2) is 0 Å². The van der Waals surface area contributed by atoms with Crippen LogP contribution in [-0.2, 0) is 0 Å². The van der Waals surface area contributed by atoms with Crippen molar-refractivity contribution in [2.75, 3.05) is 0 Å². The minimum absolute atomic E-state index is 0.0497. The van der Waals surface area contributed by atoms with Gasteiger partial charge in [0.05, 0.1) is 6.04 Å². The van der Waals surface area contributed by atoms with E-state index in [1.165, 1.54) is 37.8 Å². The lowest BCUT2D eigenvalue weighted by molar-refractivity contribution is 0.328. The van der Waals surface area contributed by atoms with Crippen LogP contribution in [0.25, 0.3) is 0 Å². The third kappa shape index (κ3) is 3.22. The fraction of sp³-hybridized carbons (Fsp3) is 0.571. The van der Waals surface area contributed by atoms with Crippen LogP contribution in [0.5, 0.6) is 0 Å². The quantitative estimate of drug-likeness (QED) is 0.496. The van der Waals surface area contributed by atoms with Crippen molar-refractivity contribution in [2.45, 2.75) is 44.6 Å². The lowest BCUT2D eigenvalue weighted by atomic mass is 9.87. The van der Waals surface area contributed by atoms with E-state index in [0.717, 1.165) is 18.4 Å². The van der Waals surface area contributed by atoms with Crippen LogP contribution in [-0.4, -0.2) is 0 Å². The highest BCUT2D eigenvalue weighted by Crippen LogP contribution is 2.36. The highest BCUT2D eigenvalue weighted by atomic mass is 35.5. The van der Waals surface area contributed by atoms with Gasteiger partial charge in [-0.3, -0.25) is 11.3 Å². The van der Waals surface area contributed by atoms with Gasteiger partial charge in [0.1, 0.15) is 5.82 Å². The van der Waals surface area contributed by atoms with Crippen LogP contribution in [0.1, 0.15) is 50.1 Å². The Morgan fingerprint density at radius 3 is 2.50 bits per heavy atom. The number of halogens is 2. The smallest absolute Gasteiger partial charge is 0.123 e. The van der Waals surface area contributed by atoms with E-state index < -0.39 is 0 Å². The average Bonchev–Trinajstić information content (AvgIpc) is 2.64. The zero-order valence-electron chi connectivity index (χ0n) is 10.5. The summed E-state index contributed by atoms with van der Waals surface area (Å²) in [6.07, 6.45) is 7.25. The van der Waals surface area contributed by atoms with Gasteiger partial charge in [-0.1, -0.05) is 37.3 Å². The molecule has 2 rings (SSSR count). The number of rotatable bonds is 3. The highest BCUT2D eigenvalue weighted by Gasteiger charge is 2.25. The molecule has 1 saturated carbocycles. The predicted octanol–water partition coefficient (Wildman–Crippen LogP) is 3.95. The Hall–Kier alpha value is -0.640. The lowest BCUT2D eigenvalue weighted by Crippen LogP contribution is -2.33. The first-order valence-corrected chi connectivity index (χ1v) is 7.01. The third-order valence-electron chi connectivity index (χ3n) is 3.84. The van der Waals surface area contributed by atoms with E-state index in [2.05, 4.69) is 5.43 Å². The van der Waals surface area contributed by atoms with Gasteiger partial charge >= 0.3 is 0 Å². The number of nitrogens with one attached hydrogen (secondary N) is 1. The molecule has 1 aliphatic rings. The first-order chi connectivity index (χ1) is 8.72. The SMILES string of the molecule is NNC(c1cc(F)ccc1Cl)C1CCCCCC1. The molecule has 1 aliphatic carbocycles. The maximum absolute atomic E-state index is 13.4. The maximum Gasteiger partial charge on any atom is 0.123 e. The minimum Gasteiger partial charge on any atom is -0.271 e. The number of benzene rings is 1. The molecule has 100 valence electrons. The average molecular weight is 271 g/mol. The molecule has 1 aromatic carbocycles. The summed E-state index contributed by atoms with van der Waals surface area (Å²) < 4.78 is 13.4. The van der Waals surface area contributed by atoms with Crippen molar-refractivity contribution < 1.29 is 4.39 Å². The zero-order chi connectivity index (χ0) is 13.0. The molecule has 0 spiro atoms. The Labute approximate surface area is 113 Å². The molecular weight excluding hydrogens is 251 g/mol. The van der Waals surface area contributed by atoms with Crippen LogP contribution in [0.15, 0.2) is 18.2 Å². The Morgan fingerprint density at radius 1 is 1.22 bits per heavy atom. The summed E-state index contributed by atoms with van der Waals surface area (Å²) in [7, 11) is 0. The van der Waals surface area contributed by atoms with Crippen LogP contribution in [0.4, 0.5) is 4.39 Å². The molecule has 3 N–H and O–H groups in total. The molecule has 0 radical (unpaired) electrons. The normalized spacial score (nSPS) is 19.5. The number of hydrogen-bond acceptors (Lipinski definition) is 2. The van der Waals surface area contributed by atoms with Crippen molar-refractivity contribution in [3.05, 3.63) is 34.6 Å². The molecule has 0 amide bonds. The Bertz CT molecular complexity index is 389. The van der Waals surface area contributed by atoms with Crippen LogP contribution in [0.2, 0.25) is 5.02 Å². The van der Waals surface area contributed by atoms with Crippen molar-refractivity contribution in [2.24, 2.45) is 11.8 Å². The van der Waals surface area contributed by atoms with Crippen LogP contribution >= 0.6 is 11.6 Å². The first kappa shape index (κ1) is 13.8. The van der Waals surface area contributed by atoms with Crippen molar-refractivity contribution in [1.82, 2.24) is 5.43 Å². The molecule has 18 heavy (non-hydrogen) atoms. The van der Waals surface area contributed by atoms with E-state index in [-0.39, 0.29) is 11.9 Å². The second-order valence-corrected chi connectivity index (χ2v) is 5.47. The summed E-state index contributed by atoms with van der Waals surface area (Å²) in [6.45, 7) is 0. The van der Waals surface area contributed by atoms with Crippen molar-refractivity contribution >= 4 is 11.6 Å². The van der Waals surface area contributed by atoms with Gasteiger partial charge in [-0.25, -0.2) is 4.39 Å². The van der Waals surface area contributed by atoms with Gasteiger partial charge in [-0.05, 0) is 42.5 Å². The van der Waals surface area contributed by atoms with Gasteiger partial charge in [0, 0.05) is 5.02 Å². The summed E-state index contributed by atoms with van der Waals surface area (Å²) >= 11 is 6.17. The van der Waals surface area contributed by atoms with Gasteiger partial charge in [-0.15, -0.1) is 0 Å². The van der Waals surface area contributed by atoms with E-state index >= 15 is 0 Å². The third-order valence-corrected chi connectivity index (χ3v) is 4.19. The monoisotopic (exact) mass is 270 g/mol. The minimum atomic E-state index is -0.261. The van der Waals surface area contributed by atoms with E-state index in [1.807, 2.05) is 0 Å². The molecule has 1 fully saturated rings. The van der Waals surface area contributed by atoms with Crippen molar-refractivity contribution in [3.63, 3.8) is 0 Å². The number of hydrazine groups is 1. The molecule has 1 atom stereocenters. The summed E-state index contributed by atoms with van der Waals surface area (Å²) in [5.74, 6) is 5.86. The Morgan fingerprint density at radius 2 is 1.89 bits per heavy atom. The van der Waals surface area contributed by atoms with Gasteiger partial charge in [-0.2, -0.15) is 0 Å². The van der Waals surface area contributed by atoms with E-state index in [4.69, 9.17) is 17.4 Å². The fourth-order valence-corrected chi connectivity index (χ4v) is 3.11. The molecule has 0 aromatic heterocycles. The summed E-state index contributed by atoms with van der Waals surface area (Å²) in [5, 5.41) is 0.587. The van der Waals surface area contributed by atoms with Crippen LogP contribution in [0, 0.1) is 11.7 Å². The predicted molar refractivity (Wildman–Crippen MR) is 72.7 cm³/mol. The molecule has 0 heterocycles. The number of nitrogens with two attached hydrogens (primary N) is 1. The van der Waals surface area contributed by atoms with Gasteiger partial charge in [0.25, 0.3) is 0 Å². The standard InChI is InChI=1S/C14H20ClFN2/c15-13-8-7-11(16)9-12(13)14(18-17)10-5-3-1-2-4-6-10/h7-10,14,18H,1-6,17H2. The molecule has 0 aliphatic heterocycles. The second-order valence-electron chi connectivity index (χ2n) is 5.06. The molecule has 2 nitrogen and oxygen atoms in total. The molecule has 0 bridgehead atoms. The fourth-order valence-electron chi connectivity index (χ4n) is 2.88. The summed E-state index contributed by atoms with van der Waals surface area (Å²) in [5.41, 5.74) is 3.62. The molecule has 4 heteroatoms. The molecule has 1 aromatic rings. The summed E-state index contributed by atoms with van der Waals surface area (Å²) in [4.78, 5) is 0. The largest absolute Gasteiger partial charge is 0.271 e. The highest BCUT2D eigenvalue weighted by molar-refractivity contribution is 6.31. The first-order valence-electron chi connectivity index (χ1n) is 6.63. The van der Waals surface area contributed by atoms with Gasteiger partial charge < -0.3 is 0 Å². The lowest BCUT2D eigenvalue weighted by Gasteiger charge is -2.26. The van der Waals surface area contributed by atoms with E-state index in [9.17, 15) is 4.39 Å². The molecular formula is C14H20ClFN2. The second kappa shape index (κ2) is 6.50. The van der Waals surface area contributed by atoms with E-state index in [0.29, 0.717) is 10.9 Å². The van der Waals surface area contributed by atoms with Gasteiger partial charge in [0.2, 0.25) is 0 Å². The van der Waals surface area contributed by atoms with Crippen molar-refractivity contribution in [3.8, 4) is 0 Å². The molecule has 1 unspecified atom stereocenters.